The highest BCUT2D eigenvalue weighted by atomic mass is 32.2. The number of rotatable bonds is 7. The molecule has 2 amide bonds. The molecule has 1 heterocycles. The van der Waals surface area contributed by atoms with Crippen LogP contribution < -0.4 is 11.1 Å². The molecule has 6 nitrogen and oxygen atoms in total. The van der Waals surface area contributed by atoms with Gasteiger partial charge in [0.25, 0.3) is 5.91 Å². The van der Waals surface area contributed by atoms with E-state index >= 15 is 0 Å². The fourth-order valence-corrected chi connectivity index (χ4v) is 3.45. The third-order valence-corrected chi connectivity index (χ3v) is 4.94. The van der Waals surface area contributed by atoms with E-state index in [1.165, 1.54) is 11.8 Å². The molecule has 0 aliphatic carbocycles. The molecular formula is C20H19N3O3S. The fraction of sp³-hybridized carbons (Fsp3) is 0.150. The molecule has 0 radical (unpaired) electrons. The molecule has 3 aromatic rings. The number of carbonyl (C=O) groups excluding carboxylic acids is 2. The Kier molecular flexibility index (Phi) is 5.93. The second-order valence-corrected chi connectivity index (χ2v) is 6.98. The highest BCUT2D eigenvalue weighted by Gasteiger charge is 2.12. The van der Waals surface area contributed by atoms with Gasteiger partial charge in [0.1, 0.15) is 5.76 Å². The number of aromatic nitrogens is 1. The van der Waals surface area contributed by atoms with Crippen LogP contribution in [0.25, 0.3) is 0 Å². The molecule has 0 bridgehead atoms. The lowest BCUT2D eigenvalue weighted by molar-refractivity contribution is 0.0947. The number of carbonyl (C=O) groups is 2. The van der Waals surface area contributed by atoms with Crippen molar-refractivity contribution in [3.63, 3.8) is 0 Å². The second-order valence-electron chi connectivity index (χ2n) is 5.97. The largest absolute Gasteiger partial charge is 0.366 e. The Bertz CT molecular complexity index is 968. The molecule has 0 saturated heterocycles. The molecule has 0 unspecified atom stereocenters. The van der Waals surface area contributed by atoms with Crippen molar-refractivity contribution in [2.45, 2.75) is 24.1 Å². The maximum Gasteiger partial charge on any atom is 0.252 e. The van der Waals surface area contributed by atoms with E-state index in [1.807, 2.05) is 37.3 Å². The molecular weight excluding hydrogens is 362 g/mol. The van der Waals surface area contributed by atoms with Gasteiger partial charge in [0, 0.05) is 23.1 Å². The van der Waals surface area contributed by atoms with Crippen LogP contribution in [-0.2, 0) is 12.3 Å². The van der Waals surface area contributed by atoms with Crippen LogP contribution in [0.2, 0.25) is 0 Å². The molecule has 0 aliphatic rings. The number of nitrogens with one attached hydrogen (secondary N) is 1. The Balaban J connectivity index is 1.66. The molecule has 3 rings (SSSR count). The lowest BCUT2D eigenvalue weighted by Gasteiger charge is -2.10. The summed E-state index contributed by atoms with van der Waals surface area (Å²) in [4.78, 5) is 24.7. The minimum atomic E-state index is -0.493. The summed E-state index contributed by atoms with van der Waals surface area (Å²) in [5.74, 6) is 0.672. The number of hydrogen-bond acceptors (Lipinski definition) is 5. The van der Waals surface area contributed by atoms with E-state index in [9.17, 15) is 9.59 Å². The maximum absolute atomic E-state index is 12.6. The van der Waals surface area contributed by atoms with Crippen molar-refractivity contribution in [1.82, 2.24) is 10.5 Å². The van der Waals surface area contributed by atoms with Crippen LogP contribution in [0.15, 0.2) is 64.0 Å². The molecule has 0 fully saturated rings. The smallest absolute Gasteiger partial charge is 0.252 e. The zero-order valence-electron chi connectivity index (χ0n) is 14.8. The summed E-state index contributed by atoms with van der Waals surface area (Å²) in [5, 5.41) is 6.75. The Morgan fingerprint density at radius 2 is 1.96 bits per heavy atom. The fourth-order valence-electron chi connectivity index (χ4n) is 2.53. The van der Waals surface area contributed by atoms with E-state index < -0.39 is 5.91 Å². The first kappa shape index (κ1) is 18.7. The number of aryl methyl sites for hydroxylation is 1. The van der Waals surface area contributed by atoms with Crippen molar-refractivity contribution >= 4 is 23.6 Å². The number of thioether (sulfide) groups is 1. The first-order chi connectivity index (χ1) is 13.0. The zero-order chi connectivity index (χ0) is 19.2. The monoisotopic (exact) mass is 381 g/mol. The predicted octanol–water partition coefficient (Wildman–Crippen LogP) is 3.30. The molecule has 2 aromatic carbocycles. The van der Waals surface area contributed by atoms with Crippen molar-refractivity contribution in [3.05, 3.63) is 82.7 Å². The van der Waals surface area contributed by atoms with E-state index in [4.69, 9.17) is 10.3 Å². The molecule has 138 valence electrons. The number of primary amides is 1. The van der Waals surface area contributed by atoms with Gasteiger partial charge in [-0.15, -0.1) is 11.8 Å². The molecule has 3 N–H and O–H groups in total. The van der Waals surface area contributed by atoms with Gasteiger partial charge in [0.15, 0.2) is 0 Å². The van der Waals surface area contributed by atoms with E-state index in [0.29, 0.717) is 23.4 Å². The SMILES string of the molecule is Cc1cc(CSc2ccccc2C(=O)NCc2cccc(C(N)=O)c2)on1. The quantitative estimate of drug-likeness (QED) is 0.612. The maximum atomic E-state index is 12.6. The van der Waals surface area contributed by atoms with Crippen LogP contribution >= 0.6 is 11.8 Å². The summed E-state index contributed by atoms with van der Waals surface area (Å²) >= 11 is 1.51. The van der Waals surface area contributed by atoms with Crippen molar-refractivity contribution in [3.8, 4) is 0 Å². The lowest BCUT2D eigenvalue weighted by atomic mass is 10.1. The number of nitrogens with zero attached hydrogens (tertiary/aromatic N) is 1. The topological polar surface area (TPSA) is 98.2 Å². The van der Waals surface area contributed by atoms with Crippen LogP contribution in [0.1, 0.15) is 37.7 Å². The third kappa shape index (κ3) is 4.98. The minimum Gasteiger partial charge on any atom is -0.366 e. The summed E-state index contributed by atoms with van der Waals surface area (Å²) in [6.07, 6.45) is 0. The number of nitrogens with two attached hydrogens (primary N) is 1. The highest BCUT2D eigenvalue weighted by Crippen LogP contribution is 2.26. The molecule has 0 spiro atoms. The first-order valence-electron chi connectivity index (χ1n) is 8.34. The lowest BCUT2D eigenvalue weighted by Crippen LogP contribution is -2.23. The van der Waals surface area contributed by atoms with Crippen LogP contribution in [0.3, 0.4) is 0 Å². The van der Waals surface area contributed by atoms with Crippen molar-refractivity contribution < 1.29 is 14.1 Å². The van der Waals surface area contributed by atoms with Gasteiger partial charge in [-0.3, -0.25) is 9.59 Å². The van der Waals surface area contributed by atoms with Gasteiger partial charge < -0.3 is 15.6 Å². The summed E-state index contributed by atoms with van der Waals surface area (Å²) < 4.78 is 5.21. The van der Waals surface area contributed by atoms with E-state index in [0.717, 1.165) is 21.9 Å². The van der Waals surface area contributed by atoms with Crippen molar-refractivity contribution in [1.29, 1.82) is 0 Å². The summed E-state index contributed by atoms with van der Waals surface area (Å²) in [6, 6.07) is 16.2. The number of hydrogen-bond donors (Lipinski definition) is 2. The van der Waals surface area contributed by atoms with E-state index in [1.54, 1.807) is 24.3 Å². The number of amides is 2. The third-order valence-electron chi connectivity index (χ3n) is 3.84. The Hall–Kier alpha value is -3.06. The van der Waals surface area contributed by atoms with E-state index in [-0.39, 0.29) is 5.91 Å². The van der Waals surface area contributed by atoms with Crippen LogP contribution in [0.5, 0.6) is 0 Å². The second kappa shape index (κ2) is 8.55. The van der Waals surface area contributed by atoms with Crippen LogP contribution in [-0.4, -0.2) is 17.0 Å². The molecule has 7 heteroatoms. The zero-order valence-corrected chi connectivity index (χ0v) is 15.6. The van der Waals surface area contributed by atoms with Gasteiger partial charge in [-0.2, -0.15) is 0 Å². The van der Waals surface area contributed by atoms with Gasteiger partial charge in [0.05, 0.1) is 17.0 Å². The molecule has 27 heavy (non-hydrogen) atoms. The molecule has 0 saturated carbocycles. The standard InChI is InChI=1S/C20H19N3O3S/c1-13-9-16(26-23-13)12-27-18-8-3-2-7-17(18)20(25)22-11-14-5-4-6-15(10-14)19(21)24/h2-10H,11-12H2,1H3,(H2,21,24)(H,22,25). The van der Waals surface area contributed by atoms with Crippen molar-refractivity contribution in [2.75, 3.05) is 0 Å². The predicted molar refractivity (Wildman–Crippen MR) is 103 cm³/mol. The Morgan fingerprint density at radius 1 is 1.15 bits per heavy atom. The van der Waals surface area contributed by atoms with Gasteiger partial charge >= 0.3 is 0 Å². The first-order valence-corrected chi connectivity index (χ1v) is 9.32. The van der Waals surface area contributed by atoms with Crippen molar-refractivity contribution in [2.24, 2.45) is 5.73 Å². The average Bonchev–Trinajstić information content (AvgIpc) is 3.10. The average molecular weight is 381 g/mol. The Morgan fingerprint density at radius 3 is 2.70 bits per heavy atom. The summed E-state index contributed by atoms with van der Waals surface area (Å²) in [6.45, 7) is 2.17. The number of benzene rings is 2. The van der Waals surface area contributed by atoms with E-state index in [2.05, 4.69) is 10.5 Å². The highest BCUT2D eigenvalue weighted by molar-refractivity contribution is 7.98. The molecule has 0 atom stereocenters. The molecule has 0 aliphatic heterocycles. The van der Waals surface area contributed by atoms with Gasteiger partial charge in [0.2, 0.25) is 5.91 Å². The summed E-state index contributed by atoms with van der Waals surface area (Å²) in [7, 11) is 0. The van der Waals surface area contributed by atoms with Crippen LogP contribution in [0, 0.1) is 6.92 Å². The minimum absolute atomic E-state index is 0.184. The van der Waals surface area contributed by atoms with Crippen LogP contribution in [0.4, 0.5) is 0 Å². The Labute approximate surface area is 161 Å². The normalized spacial score (nSPS) is 10.6. The van der Waals surface area contributed by atoms with Gasteiger partial charge in [-0.25, -0.2) is 0 Å². The van der Waals surface area contributed by atoms with Gasteiger partial charge in [-0.05, 0) is 36.8 Å². The summed E-state index contributed by atoms with van der Waals surface area (Å²) in [5.41, 5.74) is 7.93. The molecule has 1 aromatic heterocycles. The van der Waals surface area contributed by atoms with Gasteiger partial charge in [-0.1, -0.05) is 29.4 Å².